The molecule has 0 unspecified atom stereocenters. The highest BCUT2D eigenvalue weighted by Gasteiger charge is 1.99. The van der Waals surface area contributed by atoms with E-state index in [-0.39, 0.29) is 0 Å². The van der Waals surface area contributed by atoms with Crippen molar-refractivity contribution in [3.63, 3.8) is 0 Å². The molecule has 0 radical (unpaired) electrons. The Morgan fingerprint density at radius 1 is 1.30 bits per heavy atom. The van der Waals surface area contributed by atoms with Crippen LogP contribution in [0.15, 0.2) is 12.1 Å². The third kappa shape index (κ3) is 1.64. The maximum Gasteiger partial charge on any atom is 0.0544 e. The molecule has 0 saturated heterocycles. The van der Waals surface area contributed by atoms with E-state index >= 15 is 0 Å². The van der Waals surface area contributed by atoms with Crippen molar-refractivity contribution in [1.29, 1.82) is 0 Å². The first kappa shape index (κ1) is 8.34. The number of rotatable bonds is 0. The first-order chi connectivity index (χ1) is 4.61. The van der Waals surface area contributed by atoms with E-state index in [1.165, 1.54) is 11.1 Å². The molecule has 0 bridgehead atoms. The summed E-state index contributed by atoms with van der Waals surface area (Å²) in [5.74, 6) is 0. The van der Waals surface area contributed by atoms with Crippen LogP contribution in [0, 0.1) is 17.4 Å². The summed E-state index contributed by atoms with van der Waals surface area (Å²) in [4.78, 5) is 0. The van der Waals surface area contributed by atoms with Crippen LogP contribution in [-0.2, 0) is 0 Å². The molecule has 2 heteroatoms. The van der Waals surface area contributed by atoms with Crippen molar-refractivity contribution in [1.82, 2.24) is 0 Å². The molecule has 0 aliphatic heterocycles. The van der Waals surface area contributed by atoms with Crippen LogP contribution in [0.4, 0.5) is 0 Å². The minimum absolute atomic E-state index is 0.859. The predicted octanol–water partition coefficient (Wildman–Crippen LogP) is 3.56. The highest BCUT2D eigenvalue weighted by atomic mass is 127. The van der Waals surface area contributed by atoms with Crippen LogP contribution in [-0.4, -0.2) is 0 Å². The second kappa shape index (κ2) is 3.09. The summed E-state index contributed by atoms with van der Waals surface area (Å²) < 4.78 is 1.16. The van der Waals surface area contributed by atoms with Gasteiger partial charge in [-0.15, -0.1) is 0 Å². The van der Waals surface area contributed by atoms with Crippen LogP contribution in [0.1, 0.15) is 11.1 Å². The van der Waals surface area contributed by atoms with Gasteiger partial charge >= 0.3 is 0 Å². The van der Waals surface area contributed by atoms with Gasteiger partial charge in [-0.25, -0.2) is 0 Å². The summed E-state index contributed by atoms with van der Waals surface area (Å²) in [6.45, 7) is 4.12. The van der Waals surface area contributed by atoms with Crippen molar-refractivity contribution >= 4 is 34.2 Å². The monoisotopic (exact) mass is 266 g/mol. The van der Waals surface area contributed by atoms with Gasteiger partial charge in [0, 0.05) is 3.57 Å². The Bertz CT molecular complexity index is 232. The van der Waals surface area contributed by atoms with E-state index in [9.17, 15) is 0 Å². The van der Waals surface area contributed by atoms with E-state index in [0.717, 1.165) is 8.59 Å². The smallest absolute Gasteiger partial charge is 0.0544 e. The lowest BCUT2D eigenvalue weighted by Crippen LogP contribution is -1.82. The molecule has 0 saturated carbocycles. The molecule has 0 nitrogen and oxygen atoms in total. The minimum atomic E-state index is 0.859. The number of hydrogen-bond acceptors (Lipinski definition) is 0. The summed E-state index contributed by atoms with van der Waals surface area (Å²) in [6, 6.07) is 4.12. The van der Waals surface area contributed by atoms with Crippen molar-refractivity contribution in [2.75, 3.05) is 0 Å². The van der Waals surface area contributed by atoms with E-state index in [1.54, 1.807) is 0 Å². The zero-order chi connectivity index (χ0) is 7.72. The maximum atomic E-state index is 5.91. The molecule has 0 heterocycles. The standard InChI is InChI=1S/C8H8ClI/c1-5-3-6(2)8(10)7(9)4-5/h3-4H,1-2H3. The Balaban J connectivity index is 3.31. The molecule has 0 aliphatic rings. The van der Waals surface area contributed by atoms with Crippen molar-refractivity contribution in [2.45, 2.75) is 13.8 Å². The summed E-state index contributed by atoms with van der Waals surface area (Å²) in [5, 5.41) is 0.859. The van der Waals surface area contributed by atoms with Gasteiger partial charge in [0.15, 0.2) is 0 Å². The number of benzene rings is 1. The summed E-state index contributed by atoms with van der Waals surface area (Å²) in [7, 11) is 0. The third-order valence-electron chi connectivity index (χ3n) is 1.35. The lowest BCUT2D eigenvalue weighted by Gasteiger charge is -2.01. The Labute approximate surface area is 79.7 Å². The molecule has 0 atom stereocenters. The molecule has 0 N–H and O–H groups in total. The van der Waals surface area contributed by atoms with Gasteiger partial charge in [-0.05, 0) is 53.6 Å². The maximum absolute atomic E-state index is 5.91. The molecule has 0 aromatic heterocycles. The van der Waals surface area contributed by atoms with Crippen molar-refractivity contribution in [3.05, 3.63) is 31.9 Å². The first-order valence-corrected chi connectivity index (χ1v) is 4.49. The van der Waals surface area contributed by atoms with Crippen LogP contribution in [0.3, 0.4) is 0 Å². The van der Waals surface area contributed by atoms with E-state index in [2.05, 4.69) is 42.5 Å². The van der Waals surface area contributed by atoms with Crippen molar-refractivity contribution < 1.29 is 0 Å². The van der Waals surface area contributed by atoms with Crippen LogP contribution < -0.4 is 0 Å². The Morgan fingerprint density at radius 2 is 1.90 bits per heavy atom. The Hall–Kier alpha value is 0.240. The van der Waals surface area contributed by atoms with Crippen LogP contribution in [0.2, 0.25) is 5.02 Å². The number of halogens is 2. The van der Waals surface area contributed by atoms with Gasteiger partial charge in [-0.1, -0.05) is 17.7 Å². The first-order valence-electron chi connectivity index (χ1n) is 3.03. The zero-order valence-electron chi connectivity index (χ0n) is 5.91. The Kier molecular flexibility index (Phi) is 2.58. The number of aryl methyl sites for hydroxylation is 2. The predicted molar refractivity (Wildman–Crippen MR) is 53.6 cm³/mol. The molecule has 0 fully saturated rings. The van der Waals surface area contributed by atoms with Crippen LogP contribution >= 0.6 is 34.2 Å². The van der Waals surface area contributed by atoms with Gasteiger partial charge in [0.25, 0.3) is 0 Å². The fourth-order valence-corrected chi connectivity index (χ4v) is 1.53. The summed E-state index contributed by atoms with van der Waals surface area (Å²) in [5.41, 5.74) is 2.48. The van der Waals surface area contributed by atoms with Gasteiger partial charge in [-0.3, -0.25) is 0 Å². The summed E-state index contributed by atoms with van der Waals surface area (Å²) in [6.07, 6.45) is 0. The quantitative estimate of drug-likeness (QED) is 0.630. The average Bonchev–Trinajstić information content (AvgIpc) is 1.82. The molecule has 0 aliphatic carbocycles. The normalized spacial score (nSPS) is 10.0. The van der Waals surface area contributed by atoms with E-state index < -0.39 is 0 Å². The number of hydrogen-bond donors (Lipinski definition) is 0. The van der Waals surface area contributed by atoms with Crippen LogP contribution in [0.25, 0.3) is 0 Å². The van der Waals surface area contributed by atoms with Gasteiger partial charge in [0.05, 0.1) is 5.02 Å². The fourth-order valence-electron chi connectivity index (χ4n) is 0.898. The molecule has 10 heavy (non-hydrogen) atoms. The third-order valence-corrected chi connectivity index (χ3v) is 3.40. The van der Waals surface area contributed by atoms with E-state index in [0.29, 0.717) is 0 Å². The van der Waals surface area contributed by atoms with Gasteiger partial charge in [-0.2, -0.15) is 0 Å². The lowest BCUT2D eigenvalue weighted by molar-refractivity contribution is 1.36. The molecular weight excluding hydrogens is 258 g/mol. The molecular formula is C8H8ClI. The second-order valence-electron chi connectivity index (χ2n) is 2.38. The molecule has 54 valence electrons. The largest absolute Gasteiger partial charge is 0.0832 e. The molecule has 1 rings (SSSR count). The van der Waals surface area contributed by atoms with Crippen molar-refractivity contribution in [2.24, 2.45) is 0 Å². The molecule has 1 aromatic rings. The van der Waals surface area contributed by atoms with Crippen molar-refractivity contribution in [3.8, 4) is 0 Å². The van der Waals surface area contributed by atoms with E-state index in [1.807, 2.05) is 6.07 Å². The zero-order valence-corrected chi connectivity index (χ0v) is 8.82. The second-order valence-corrected chi connectivity index (χ2v) is 3.86. The molecule has 0 spiro atoms. The van der Waals surface area contributed by atoms with Gasteiger partial charge < -0.3 is 0 Å². The van der Waals surface area contributed by atoms with E-state index in [4.69, 9.17) is 11.6 Å². The topological polar surface area (TPSA) is 0 Å². The average molecular weight is 267 g/mol. The summed E-state index contributed by atoms with van der Waals surface area (Å²) >= 11 is 8.17. The molecule has 1 aromatic carbocycles. The lowest BCUT2D eigenvalue weighted by atomic mass is 10.2. The SMILES string of the molecule is Cc1cc(C)c(I)c(Cl)c1. The highest BCUT2D eigenvalue weighted by Crippen LogP contribution is 2.22. The van der Waals surface area contributed by atoms with Gasteiger partial charge in [0.1, 0.15) is 0 Å². The Morgan fingerprint density at radius 3 is 2.40 bits per heavy atom. The highest BCUT2D eigenvalue weighted by molar-refractivity contribution is 14.1. The minimum Gasteiger partial charge on any atom is -0.0832 e. The van der Waals surface area contributed by atoms with Gasteiger partial charge in [0.2, 0.25) is 0 Å². The van der Waals surface area contributed by atoms with Crippen LogP contribution in [0.5, 0.6) is 0 Å². The fraction of sp³-hybridized carbons (Fsp3) is 0.250. The molecule has 0 amide bonds.